The fraction of sp³-hybridized carbons (Fsp3) is 0.296. The van der Waals surface area contributed by atoms with Crippen molar-refractivity contribution in [2.24, 2.45) is 0 Å². The number of hydrogen-bond donors (Lipinski definition) is 0. The van der Waals surface area contributed by atoms with Gasteiger partial charge in [0.1, 0.15) is 11.5 Å². The van der Waals surface area contributed by atoms with Gasteiger partial charge in [0.05, 0.1) is 10.5 Å². The highest BCUT2D eigenvalue weighted by Gasteiger charge is 2.28. The molecular formula is C27H28FN5O3. The molecule has 36 heavy (non-hydrogen) atoms. The lowest BCUT2D eigenvalue weighted by Gasteiger charge is -2.38. The summed E-state index contributed by atoms with van der Waals surface area (Å²) in [5.74, 6) is -0.828. The van der Waals surface area contributed by atoms with E-state index in [0.29, 0.717) is 45.0 Å². The highest BCUT2D eigenvalue weighted by atomic mass is 19.1. The van der Waals surface area contributed by atoms with Crippen molar-refractivity contribution in [1.29, 1.82) is 0 Å². The van der Waals surface area contributed by atoms with Crippen molar-refractivity contribution in [1.82, 2.24) is 4.90 Å². The Bertz CT molecular complexity index is 1240. The molecule has 0 aromatic heterocycles. The predicted octanol–water partition coefficient (Wildman–Crippen LogP) is 4.02. The van der Waals surface area contributed by atoms with Gasteiger partial charge in [0.25, 0.3) is 11.6 Å². The summed E-state index contributed by atoms with van der Waals surface area (Å²) in [6, 6.07) is 21.4. The van der Waals surface area contributed by atoms with E-state index in [9.17, 15) is 19.3 Å². The number of anilines is 3. The molecule has 8 nitrogen and oxygen atoms in total. The molecule has 3 aromatic rings. The standard InChI is InChI=1S/C27H28FN5O3/c28-24-9-5-4-8-23(24)27(34)32-18-14-30(15-19-32)22-10-11-25(33(35)36)26(20-22)31-16-12-29(13-17-31)21-6-2-1-3-7-21/h1-11,20H,12-19H2. The maximum Gasteiger partial charge on any atom is 0.292 e. The lowest BCUT2D eigenvalue weighted by Crippen LogP contribution is -2.49. The van der Waals surface area contributed by atoms with Crippen molar-refractivity contribution in [3.8, 4) is 0 Å². The Morgan fingerprint density at radius 3 is 1.97 bits per heavy atom. The van der Waals surface area contributed by atoms with Crippen molar-refractivity contribution in [2.75, 3.05) is 67.1 Å². The van der Waals surface area contributed by atoms with Crippen LogP contribution in [-0.2, 0) is 0 Å². The van der Waals surface area contributed by atoms with Crippen molar-refractivity contribution in [3.05, 3.63) is 94.3 Å². The molecule has 0 spiro atoms. The van der Waals surface area contributed by atoms with Gasteiger partial charge in [-0.2, -0.15) is 0 Å². The molecule has 0 N–H and O–H groups in total. The number of carbonyl (C=O) groups is 1. The van der Waals surface area contributed by atoms with Gasteiger partial charge in [-0.15, -0.1) is 0 Å². The number of para-hydroxylation sites is 1. The molecule has 2 saturated heterocycles. The van der Waals surface area contributed by atoms with E-state index in [1.165, 1.54) is 12.1 Å². The first kappa shape index (κ1) is 23.6. The zero-order valence-electron chi connectivity index (χ0n) is 19.9. The Labute approximate surface area is 209 Å². The molecular weight excluding hydrogens is 461 g/mol. The van der Waals surface area contributed by atoms with Crippen LogP contribution < -0.4 is 14.7 Å². The quantitative estimate of drug-likeness (QED) is 0.398. The molecule has 5 rings (SSSR count). The minimum absolute atomic E-state index is 0.0817. The molecule has 9 heteroatoms. The summed E-state index contributed by atoms with van der Waals surface area (Å²) in [5, 5.41) is 11.8. The Morgan fingerprint density at radius 1 is 0.722 bits per heavy atom. The minimum Gasteiger partial charge on any atom is -0.368 e. The highest BCUT2D eigenvalue weighted by molar-refractivity contribution is 5.94. The molecule has 0 aliphatic carbocycles. The van der Waals surface area contributed by atoms with Gasteiger partial charge in [0, 0.05) is 69.8 Å². The number of benzene rings is 3. The fourth-order valence-corrected chi connectivity index (χ4v) is 4.93. The van der Waals surface area contributed by atoms with E-state index >= 15 is 0 Å². The predicted molar refractivity (Wildman–Crippen MR) is 138 cm³/mol. The molecule has 3 aromatic carbocycles. The van der Waals surface area contributed by atoms with Crippen molar-refractivity contribution < 1.29 is 14.1 Å². The topological polar surface area (TPSA) is 73.2 Å². The Balaban J connectivity index is 1.28. The van der Waals surface area contributed by atoms with Crippen LogP contribution in [0.25, 0.3) is 0 Å². The van der Waals surface area contributed by atoms with Crippen LogP contribution in [-0.4, -0.2) is 68.1 Å². The van der Waals surface area contributed by atoms with Crippen LogP contribution in [0.4, 0.5) is 27.1 Å². The SMILES string of the molecule is O=C(c1ccccc1F)N1CCN(c2ccc([N+](=O)[O-])c(N3CCN(c4ccccc4)CC3)c2)CC1. The van der Waals surface area contributed by atoms with E-state index in [1.54, 1.807) is 29.2 Å². The third-order valence-electron chi connectivity index (χ3n) is 6.93. The van der Waals surface area contributed by atoms with E-state index in [1.807, 2.05) is 24.3 Å². The van der Waals surface area contributed by atoms with Crippen molar-refractivity contribution in [3.63, 3.8) is 0 Å². The first-order valence-corrected chi connectivity index (χ1v) is 12.1. The summed E-state index contributed by atoms with van der Waals surface area (Å²) in [6.45, 7) is 4.97. The molecule has 2 aliphatic heterocycles. The number of piperazine rings is 2. The summed E-state index contributed by atoms with van der Waals surface area (Å²) >= 11 is 0. The molecule has 1 amide bonds. The molecule has 186 valence electrons. The van der Waals surface area contributed by atoms with Crippen LogP contribution in [0.15, 0.2) is 72.8 Å². The van der Waals surface area contributed by atoms with Gasteiger partial charge in [-0.05, 0) is 36.4 Å². The third kappa shape index (κ3) is 4.82. The molecule has 0 saturated carbocycles. The smallest absolute Gasteiger partial charge is 0.292 e. The van der Waals surface area contributed by atoms with Crippen LogP contribution in [0, 0.1) is 15.9 Å². The number of nitro benzene ring substituents is 1. The molecule has 0 radical (unpaired) electrons. The second-order valence-corrected chi connectivity index (χ2v) is 9.00. The lowest BCUT2D eigenvalue weighted by atomic mass is 10.1. The van der Waals surface area contributed by atoms with E-state index in [-0.39, 0.29) is 22.1 Å². The lowest BCUT2D eigenvalue weighted by molar-refractivity contribution is -0.384. The number of amides is 1. The van der Waals surface area contributed by atoms with Gasteiger partial charge in [-0.3, -0.25) is 14.9 Å². The normalized spacial score (nSPS) is 16.2. The average Bonchev–Trinajstić information content (AvgIpc) is 2.93. The van der Waals surface area contributed by atoms with Gasteiger partial charge >= 0.3 is 0 Å². The van der Waals surface area contributed by atoms with Gasteiger partial charge in [-0.1, -0.05) is 30.3 Å². The monoisotopic (exact) mass is 489 g/mol. The molecule has 2 aliphatic rings. The fourth-order valence-electron chi connectivity index (χ4n) is 4.93. The van der Waals surface area contributed by atoms with E-state index in [2.05, 4.69) is 26.8 Å². The van der Waals surface area contributed by atoms with E-state index < -0.39 is 5.82 Å². The van der Waals surface area contributed by atoms with Crippen molar-refractivity contribution in [2.45, 2.75) is 0 Å². The molecule has 2 fully saturated rings. The first-order valence-electron chi connectivity index (χ1n) is 12.1. The highest BCUT2D eigenvalue weighted by Crippen LogP contribution is 2.34. The van der Waals surface area contributed by atoms with Crippen LogP contribution in [0.2, 0.25) is 0 Å². The zero-order chi connectivity index (χ0) is 25.1. The average molecular weight is 490 g/mol. The molecule has 2 heterocycles. The number of nitrogens with zero attached hydrogens (tertiary/aromatic N) is 5. The third-order valence-corrected chi connectivity index (χ3v) is 6.93. The number of hydrogen-bond acceptors (Lipinski definition) is 6. The minimum atomic E-state index is -0.516. The van der Waals surface area contributed by atoms with Crippen molar-refractivity contribution >= 4 is 28.7 Å². The van der Waals surface area contributed by atoms with Gasteiger partial charge in [0.15, 0.2) is 0 Å². The van der Waals surface area contributed by atoms with Crippen LogP contribution in [0.5, 0.6) is 0 Å². The van der Waals surface area contributed by atoms with E-state index in [4.69, 9.17) is 0 Å². The Morgan fingerprint density at radius 2 is 1.31 bits per heavy atom. The molecule has 0 atom stereocenters. The largest absolute Gasteiger partial charge is 0.368 e. The first-order chi connectivity index (χ1) is 17.5. The number of halogens is 1. The molecule has 0 bridgehead atoms. The van der Waals surface area contributed by atoms with Crippen LogP contribution in [0.3, 0.4) is 0 Å². The summed E-state index contributed by atoms with van der Waals surface area (Å²) < 4.78 is 14.1. The zero-order valence-corrected chi connectivity index (χ0v) is 19.9. The number of rotatable bonds is 5. The maximum absolute atomic E-state index is 14.1. The Kier molecular flexibility index (Phi) is 6.71. The van der Waals surface area contributed by atoms with Gasteiger partial charge in [0.2, 0.25) is 0 Å². The summed E-state index contributed by atoms with van der Waals surface area (Å²) in [6.07, 6.45) is 0. The van der Waals surface area contributed by atoms with E-state index in [0.717, 1.165) is 24.5 Å². The van der Waals surface area contributed by atoms with Gasteiger partial charge in [-0.25, -0.2) is 4.39 Å². The van der Waals surface area contributed by atoms with Crippen LogP contribution in [0.1, 0.15) is 10.4 Å². The number of nitro groups is 1. The number of carbonyl (C=O) groups excluding carboxylic acids is 1. The second kappa shape index (κ2) is 10.2. The maximum atomic E-state index is 14.1. The second-order valence-electron chi connectivity index (χ2n) is 9.00. The Hall–Kier alpha value is -4.14. The van der Waals surface area contributed by atoms with Crippen LogP contribution >= 0.6 is 0 Å². The summed E-state index contributed by atoms with van der Waals surface area (Å²) in [5.41, 5.74) is 2.84. The summed E-state index contributed by atoms with van der Waals surface area (Å²) in [7, 11) is 0. The molecule has 0 unspecified atom stereocenters. The summed E-state index contributed by atoms with van der Waals surface area (Å²) in [4.78, 5) is 32.4. The van der Waals surface area contributed by atoms with Gasteiger partial charge < -0.3 is 19.6 Å².